The third kappa shape index (κ3) is 3.28. The molecule has 5 rings (SSSR count). The summed E-state index contributed by atoms with van der Waals surface area (Å²) in [6, 6.07) is 16.5. The molecular formula is C24H20N6. The summed E-state index contributed by atoms with van der Waals surface area (Å²) in [6.45, 7) is 2.11. The van der Waals surface area contributed by atoms with E-state index in [9.17, 15) is 0 Å². The molecule has 0 aliphatic heterocycles. The molecule has 0 fully saturated rings. The van der Waals surface area contributed by atoms with Crippen molar-refractivity contribution in [1.29, 1.82) is 0 Å². The zero-order valence-corrected chi connectivity index (χ0v) is 16.4. The SMILES string of the molecule is Cc1cccc(C(c2cn[nH]c2-c2ccncc2)c2cn[nH]c2-c2ccncc2)c1. The fourth-order valence-corrected chi connectivity index (χ4v) is 3.90. The number of rotatable bonds is 5. The molecule has 6 heteroatoms. The summed E-state index contributed by atoms with van der Waals surface area (Å²) in [5.74, 6) is -0.0475. The molecule has 146 valence electrons. The monoisotopic (exact) mass is 392 g/mol. The van der Waals surface area contributed by atoms with Gasteiger partial charge in [-0.2, -0.15) is 10.2 Å². The third-order valence-electron chi connectivity index (χ3n) is 5.27. The molecule has 1 aromatic carbocycles. The highest BCUT2D eigenvalue weighted by atomic mass is 15.1. The number of pyridine rings is 2. The van der Waals surface area contributed by atoms with Crippen LogP contribution < -0.4 is 0 Å². The smallest absolute Gasteiger partial charge is 0.0692 e. The van der Waals surface area contributed by atoms with Gasteiger partial charge in [0, 0.05) is 53.0 Å². The zero-order valence-electron chi connectivity index (χ0n) is 16.4. The molecule has 30 heavy (non-hydrogen) atoms. The Kier molecular flexibility index (Phi) is 4.65. The molecular weight excluding hydrogens is 372 g/mol. The summed E-state index contributed by atoms with van der Waals surface area (Å²) in [4.78, 5) is 8.30. The van der Waals surface area contributed by atoms with Crippen molar-refractivity contribution in [3.8, 4) is 22.5 Å². The van der Waals surface area contributed by atoms with Crippen molar-refractivity contribution < 1.29 is 0 Å². The first-order valence-corrected chi connectivity index (χ1v) is 9.75. The molecule has 0 radical (unpaired) electrons. The van der Waals surface area contributed by atoms with E-state index >= 15 is 0 Å². The number of H-pyrrole nitrogens is 2. The average Bonchev–Trinajstić information content (AvgIpc) is 3.46. The van der Waals surface area contributed by atoms with Crippen molar-refractivity contribution in [2.24, 2.45) is 0 Å². The molecule has 0 atom stereocenters. The number of benzene rings is 1. The molecule has 2 N–H and O–H groups in total. The lowest BCUT2D eigenvalue weighted by atomic mass is 9.83. The van der Waals surface area contributed by atoms with Crippen molar-refractivity contribution in [1.82, 2.24) is 30.4 Å². The Bertz CT molecular complexity index is 1180. The molecule has 0 aliphatic rings. The quantitative estimate of drug-likeness (QED) is 0.452. The molecule has 0 bridgehead atoms. The normalized spacial score (nSPS) is 11.1. The number of aromatic nitrogens is 6. The van der Waals surface area contributed by atoms with Gasteiger partial charge in [-0.3, -0.25) is 20.2 Å². The lowest BCUT2D eigenvalue weighted by Gasteiger charge is -2.19. The van der Waals surface area contributed by atoms with Crippen molar-refractivity contribution in [2.45, 2.75) is 12.8 Å². The third-order valence-corrected chi connectivity index (χ3v) is 5.27. The molecule has 0 unspecified atom stereocenters. The van der Waals surface area contributed by atoms with Crippen LogP contribution in [0.2, 0.25) is 0 Å². The maximum absolute atomic E-state index is 4.39. The maximum atomic E-state index is 4.39. The van der Waals surface area contributed by atoms with Gasteiger partial charge >= 0.3 is 0 Å². The lowest BCUT2D eigenvalue weighted by molar-refractivity contribution is 0.981. The van der Waals surface area contributed by atoms with Gasteiger partial charge in [-0.1, -0.05) is 29.8 Å². The van der Waals surface area contributed by atoms with E-state index in [-0.39, 0.29) is 5.92 Å². The Labute approximate surface area is 174 Å². The van der Waals surface area contributed by atoms with Crippen LogP contribution in [0.5, 0.6) is 0 Å². The number of nitrogens with one attached hydrogen (secondary N) is 2. The van der Waals surface area contributed by atoms with Crippen LogP contribution in [0.1, 0.15) is 28.2 Å². The van der Waals surface area contributed by atoms with Gasteiger partial charge in [0.25, 0.3) is 0 Å². The molecule has 6 nitrogen and oxygen atoms in total. The number of hydrogen-bond acceptors (Lipinski definition) is 4. The van der Waals surface area contributed by atoms with Crippen LogP contribution in [0.15, 0.2) is 85.7 Å². The minimum Gasteiger partial charge on any atom is -0.278 e. The van der Waals surface area contributed by atoms with Crippen LogP contribution in [0, 0.1) is 6.92 Å². The lowest BCUT2D eigenvalue weighted by Crippen LogP contribution is -2.05. The Morgan fingerprint density at radius 1 is 0.700 bits per heavy atom. The van der Waals surface area contributed by atoms with Crippen LogP contribution in [0.3, 0.4) is 0 Å². The maximum Gasteiger partial charge on any atom is 0.0692 e. The first kappa shape index (κ1) is 18.0. The molecule has 0 saturated heterocycles. The Balaban J connectivity index is 1.73. The molecule has 0 spiro atoms. The van der Waals surface area contributed by atoms with Gasteiger partial charge in [-0.25, -0.2) is 0 Å². The summed E-state index contributed by atoms with van der Waals surface area (Å²) >= 11 is 0. The summed E-state index contributed by atoms with van der Waals surface area (Å²) in [5, 5.41) is 15.2. The van der Waals surface area contributed by atoms with Crippen molar-refractivity contribution in [2.75, 3.05) is 0 Å². The molecule has 4 heterocycles. The highest BCUT2D eigenvalue weighted by molar-refractivity contribution is 5.70. The topological polar surface area (TPSA) is 83.1 Å². The Morgan fingerprint density at radius 2 is 1.23 bits per heavy atom. The second-order valence-corrected chi connectivity index (χ2v) is 7.22. The van der Waals surface area contributed by atoms with Gasteiger partial charge in [0.1, 0.15) is 0 Å². The highest BCUT2D eigenvalue weighted by Crippen LogP contribution is 2.40. The minimum atomic E-state index is -0.0475. The average molecular weight is 392 g/mol. The number of aryl methyl sites for hydroxylation is 1. The van der Waals surface area contributed by atoms with Crippen LogP contribution in [-0.4, -0.2) is 30.4 Å². The first-order chi connectivity index (χ1) is 14.8. The number of nitrogens with zero attached hydrogens (tertiary/aromatic N) is 4. The molecule has 0 saturated carbocycles. The molecule has 0 amide bonds. The van der Waals surface area contributed by atoms with E-state index in [0.29, 0.717) is 0 Å². The van der Waals surface area contributed by atoms with Crippen LogP contribution >= 0.6 is 0 Å². The van der Waals surface area contributed by atoms with Gasteiger partial charge in [-0.05, 0) is 36.8 Å². The van der Waals surface area contributed by atoms with Gasteiger partial charge in [0.2, 0.25) is 0 Å². The fraction of sp³-hybridized carbons (Fsp3) is 0.0833. The standard InChI is InChI=1S/C24H20N6/c1-16-3-2-4-19(13-16)22(20-14-27-29-23(20)17-5-9-25-10-6-17)21-15-28-30-24(21)18-7-11-26-12-8-18/h2-15,22H,1H3,(H,27,29)(H,28,30). The zero-order chi connectivity index (χ0) is 20.3. The second kappa shape index (κ2) is 7.75. The van der Waals surface area contributed by atoms with Gasteiger partial charge in [0.15, 0.2) is 0 Å². The van der Waals surface area contributed by atoms with E-state index in [2.05, 4.69) is 61.6 Å². The molecule has 4 aromatic heterocycles. The van der Waals surface area contributed by atoms with Crippen molar-refractivity contribution in [3.05, 3.63) is 108 Å². The summed E-state index contributed by atoms with van der Waals surface area (Å²) in [7, 11) is 0. The summed E-state index contributed by atoms with van der Waals surface area (Å²) < 4.78 is 0. The minimum absolute atomic E-state index is 0.0475. The van der Waals surface area contributed by atoms with E-state index in [1.54, 1.807) is 24.8 Å². The van der Waals surface area contributed by atoms with Gasteiger partial charge in [0.05, 0.1) is 23.8 Å². The van der Waals surface area contributed by atoms with Gasteiger partial charge in [-0.15, -0.1) is 0 Å². The molecule has 0 aliphatic carbocycles. The summed E-state index contributed by atoms with van der Waals surface area (Å²) in [6.07, 6.45) is 11.0. The van der Waals surface area contributed by atoms with Gasteiger partial charge < -0.3 is 0 Å². The van der Waals surface area contributed by atoms with Crippen LogP contribution in [0.4, 0.5) is 0 Å². The Morgan fingerprint density at radius 3 is 1.73 bits per heavy atom. The van der Waals surface area contributed by atoms with Crippen LogP contribution in [0.25, 0.3) is 22.5 Å². The largest absolute Gasteiger partial charge is 0.278 e. The highest BCUT2D eigenvalue weighted by Gasteiger charge is 2.26. The van der Waals surface area contributed by atoms with E-state index in [1.165, 1.54) is 11.1 Å². The fourth-order valence-electron chi connectivity index (χ4n) is 3.90. The molecule has 5 aromatic rings. The van der Waals surface area contributed by atoms with Crippen LogP contribution in [-0.2, 0) is 0 Å². The predicted molar refractivity (Wildman–Crippen MR) is 116 cm³/mol. The van der Waals surface area contributed by atoms with E-state index < -0.39 is 0 Å². The predicted octanol–water partition coefficient (Wildman–Crippen LogP) is 4.75. The summed E-state index contributed by atoms with van der Waals surface area (Å²) in [5.41, 5.74) is 8.61. The number of aromatic amines is 2. The first-order valence-electron chi connectivity index (χ1n) is 9.75. The Hall–Kier alpha value is -4.06. The van der Waals surface area contributed by atoms with Crippen molar-refractivity contribution in [3.63, 3.8) is 0 Å². The van der Waals surface area contributed by atoms with E-state index in [1.807, 2.05) is 36.7 Å². The van der Waals surface area contributed by atoms with Crippen molar-refractivity contribution >= 4 is 0 Å². The second-order valence-electron chi connectivity index (χ2n) is 7.22. The van der Waals surface area contributed by atoms with E-state index in [4.69, 9.17) is 0 Å². The number of hydrogen-bond donors (Lipinski definition) is 2. The van der Waals surface area contributed by atoms with E-state index in [0.717, 1.165) is 33.6 Å².